The van der Waals surface area contributed by atoms with Crippen molar-refractivity contribution in [2.24, 2.45) is 0 Å². The molecule has 0 atom stereocenters. The van der Waals surface area contributed by atoms with Gasteiger partial charge in [-0.3, -0.25) is 0 Å². The molecule has 0 unspecified atom stereocenters. The van der Waals surface area contributed by atoms with Crippen LogP contribution in [0.5, 0.6) is 0 Å². The average molecular weight is 299 g/mol. The van der Waals surface area contributed by atoms with Crippen LogP contribution in [-0.2, 0) is 15.8 Å². The highest BCUT2D eigenvalue weighted by atomic mass is 32.2. The highest BCUT2D eigenvalue weighted by molar-refractivity contribution is 7.88. The van der Waals surface area contributed by atoms with Crippen molar-refractivity contribution in [3.63, 3.8) is 0 Å². The predicted molar refractivity (Wildman–Crippen MR) is 74.9 cm³/mol. The molecule has 0 fully saturated rings. The molecule has 6 nitrogen and oxygen atoms in total. The van der Waals surface area contributed by atoms with Gasteiger partial charge in [0.15, 0.2) is 0 Å². The lowest BCUT2D eigenvalue weighted by Gasteiger charge is -2.19. The molecule has 7 heteroatoms. The highest BCUT2D eigenvalue weighted by Crippen LogP contribution is 2.13. The number of carboxylic acid groups (broad SMARTS) is 1. The molecule has 20 heavy (non-hydrogen) atoms. The van der Waals surface area contributed by atoms with Crippen LogP contribution in [0.3, 0.4) is 0 Å². The summed E-state index contributed by atoms with van der Waals surface area (Å²) in [4.78, 5) is 10.9. The molecule has 1 rings (SSSR count). The monoisotopic (exact) mass is 299 g/mol. The van der Waals surface area contributed by atoms with Crippen molar-refractivity contribution in [2.45, 2.75) is 5.75 Å². The van der Waals surface area contributed by atoms with E-state index in [2.05, 4.69) is 6.58 Å². The number of carboxylic acids is 1. The molecule has 0 amide bonds. The van der Waals surface area contributed by atoms with E-state index >= 15 is 0 Å². The Morgan fingerprint density at radius 2 is 2.10 bits per heavy atom. The molecule has 1 aromatic rings. The summed E-state index contributed by atoms with van der Waals surface area (Å²) in [6, 6.07) is 5.77. The van der Waals surface area contributed by atoms with Crippen molar-refractivity contribution in [1.29, 1.82) is 0 Å². The second-order valence-electron chi connectivity index (χ2n) is 4.13. The van der Waals surface area contributed by atoms with Gasteiger partial charge >= 0.3 is 5.97 Å². The molecule has 0 radical (unpaired) electrons. The lowest BCUT2D eigenvalue weighted by Crippen LogP contribution is -2.34. The topological polar surface area (TPSA) is 94.9 Å². The molecule has 2 N–H and O–H groups in total. The van der Waals surface area contributed by atoms with Crippen molar-refractivity contribution < 1.29 is 23.4 Å². The molecule has 0 aliphatic heterocycles. The van der Waals surface area contributed by atoms with Crippen LogP contribution in [0, 0.1) is 0 Å². The van der Waals surface area contributed by atoms with Crippen molar-refractivity contribution in [1.82, 2.24) is 4.31 Å². The van der Waals surface area contributed by atoms with Crippen LogP contribution in [0.1, 0.15) is 15.9 Å². The first-order chi connectivity index (χ1) is 9.40. The quantitative estimate of drug-likeness (QED) is 0.689. The first kappa shape index (κ1) is 16.4. The number of sulfonamides is 1. The van der Waals surface area contributed by atoms with E-state index in [4.69, 9.17) is 10.2 Å². The van der Waals surface area contributed by atoms with E-state index in [9.17, 15) is 13.2 Å². The van der Waals surface area contributed by atoms with Gasteiger partial charge < -0.3 is 10.2 Å². The summed E-state index contributed by atoms with van der Waals surface area (Å²) in [6.07, 6.45) is 1.43. The number of rotatable bonds is 8. The van der Waals surface area contributed by atoms with E-state index in [-0.39, 0.29) is 31.0 Å². The SMILES string of the molecule is C=CCN(CCO)S(=O)(=O)Cc1cccc(C(=O)O)c1. The lowest BCUT2D eigenvalue weighted by molar-refractivity contribution is 0.0696. The van der Waals surface area contributed by atoms with Crippen LogP contribution in [0.25, 0.3) is 0 Å². The summed E-state index contributed by atoms with van der Waals surface area (Å²) in [5.74, 6) is -1.43. The van der Waals surface area contributed by atoms with Crippen molar-refractivity contribution >= 4 is 16.0 Å². The first-order valence-electron chi connectivity index (χ1n) is 5.92. The van der Waals surface area contributed by atoms with Gasteiger partial charge in [0.05, 0.1) is 17.9 Å². The molecule has 0 bridgehead atoms. The maximum absolute atomic E-state index is 12.2. The molecule has 0 saturated heterocycles. The highest BCUT2D eigenvalue weighted by Gasteiger charge is 2.21. The smallest absolute Gasteiger partial charge is 0.335 e. The number of aliphatic hydroxyl groups is 1. The van der Waals surface area contributed by atoms with Crippen LogP contribution >= 0.6 is 0 Å². The van der Waals surface area contributed by atoms with Crippen LogP contribution in [-0.4, -0.2) is 48.6 Å². The zero-order chi connectivity index (χ0) is 15.2. The average Bonchev–Trinajstić information content (AvgIpc) is 2.38. The van der Waals surface area contributed by atoms with Gasteiger partial charge in [-0.2, -0.15) is 4.31 Å². The van der Waals surface area contributed by atoms with Gasteiger partial charge in [-0.1, -0.05) is 18.2 Å². The second kappa shape index (κ2) is 7.18. The molecule has 0 heterocycles. The van der Waals surface area contributed by atoms with Gasteiger partial charge in [0.25, 0.3) is 0 Å². The van der Waals surface area contributed by atoms with Crippen molar-refractivity contribution in [3.05, 3.63) is 48.0 Å². The number of hydrogen-bond acceptors (Lipinski definition) is 4. The fourth-order valence-corrected chi connectivity index (χ4v) is 3.17. The van der Waals surface area contributed by atoms with Crippen LogP contribution in [0.2, 0.25) is 0 Å². The van der Waals surface area contributed by atoms with E-state index in [1.165, 1.54) is 24.3 Å². The summed E-state index contributed by atoms with van der Waals surface area (Å²) in [5, 5.41) is 17.8. The van der Waals surface area contributed by atoms with E-state index < -0.39 is 16.0 Å². The number of aromatic carboxylic acids is 1. The molecule has 110 valence electrons. The molecular weight excluding hydrogens is 282 g/mol. The summed E-state index contributed by atoms with van der Waals surface area (Å²) >= 11 is 0. The maximum atomic E-state index is 12.2. The normalized spacial score (nSPS) is 11.5. The van der Waals surface area contributed by atoms with Crippen LogP contribution < -0.4 is 0 Å². The molecule has 0 aliphatic carbocycles. The Kier molecular flexibility index (Phi) is 5.87. The Morgan fingerprint density at radius 1 is 1.40 bits per heavy atom. The number of benzene rings is 1. The minimum Gasteiger partial charge on any atom is -0.478 e. The van der Waals surface area contributed by atoms with Crippen LogP contribution in [0.4, 0.5) is 0 Å². The Bertz CT molecular complexity index is 582. The Morgan fingerprint density at radius 3 is 2.65 bits per heavy atom. The fourth-order valence-electron chi connectivity index (χ4n) is 1.70. The van der Waals surface area contributed by atoms with E-state index in [1.807, 2.05) is 0 Å². The number of aliphatic hydroxyl groups excluding tert-OH is 1. The number of carbonyl (C=O) groups is 1. The fraction of sp³-hybridized carbons (Fsp3) is 0.308. The van der Waals surface area contributed by atoms with Gasteiger partial charge in [0.1, 0.15) is 0 Å². The first-order valence-corrected chi connectivity index (χ1v) is 7.53. The number of hydrogen-bond donors (Lipinski definition) is 2. The Labute approximate surface area is 118 Å². The third kappa shape index (κ3) is 4.44. The molecule has 0 aromatic heterocycles. The van der Waals surface area contributed by atoms with Crippen molar-refractivity contribution in [3.8, 4) is 0 Å². The zero-order valence-corrected chi connectivity index (χ0v) is 11.7. The van der Waals surface area contributed by atoms with E-state index in [0.717, 1.165) is 4.31 Å². The van der Waals surface area contributed by atoms with E-state index in [1.54, 1.807) is 6.07 Å². The molecular formula is C13H17NO5S. The minimum atomic E-state index is -3.63. The van der Waals surface area contributed by atoms with Crippen molar-refractivity contribution in [2.75, 3.05) is 19.7 Å². The van der Waals surface area contributed by atoms with Gasteiger partial charge in [-0.25, -0.2) is 13.2 Å². The summed E-state index contributed by atoms with van der Waals surface area (Å²) in [5.41, 5.74) is 0.423. The minimum absolute atomic E-state index is 0.0209. The molecule has 0 aliphatic rings. The standard InChI is InChI=1S/C13H17NO5S/c1-2-6-14(7-8-15)20(18,19)10-11-4-3-5-12(9-11)13(16)17/h2-5,9,15H,1,6-8,10H2,(H,16,17). The lowest BCUT2D eigenvalue weighted by atomic mass is 10.1. The van der Waals surface area contributed by atoms with Gasteiger partial charge in [0, 0.05) is 13.1 Å². The Balaban J connectivity index is 2.97. The molecule has 1 aromatic carbocycles. The van der Waals surface area contributed by atoms with Gasteiger partial charge in [0.2, 0.25) is 10.0 Å². The van der Waals surface area contributed by atoms with Gasteiger partial charge in [-0.05, 0) is 17.7 Å². The third-order valence-electron chi connectivity index (χ3n) is 2.60. The van der Waals surface area contributed by atoms with Gasteiger partial charge in [-0.15, -0.1) is 6.58 Å². The summed E-state index contributed by atoms with van der Waals surface area (Å²) in [6.45, 7) is 3.26. The summed E-state index contributed by atoms with van der Waals surface area (Å²) < 4.78 is 25.5. The van der Waals surface area contributed by atoms with Crippen LogP contribution in [0.15, 0.2) is 36.9 Å². The largest absolute Gasteiger partial charge is 0.478 e. The predicted octanol–water partition coefficient (Wildman–Crippen LogP) is 0.695. The Hall–Kier alpha value is -1.70. The third-order valence-corrected chi connectivity index (χ3v) is 4.42. The molecule has 0 spiro atoms. The summed E-state index contributed by atoms with van der Waals surface area (Å²) in [7, 11) is -3.63. The maximum Gasteiger partial charge on any atom is 0.335 e. The zero-order valence-electron chi connectivity index (χ0n) is 10.9. The second-order valence-corrected chi connectivity index (χ2v) is 6.10. The van der Waals surface area contributed by atoms with E-state index in [0.29, 0.717) is 5.56 Å². The number of nitrogens with zero attached hydrogens (tertiary/aromatic N) is 1. The molecule has 0 saturated carbocycles.